The Bertz CT molecular complexity index is 601. The summed E-state index contributed by atoms with van der Waals surface area (Å²) in [5.41, 5.74) is -0.425. The van der Waals surface area contributed by atoms with Gasteiger partial charge >= 0.3 is 0 Å². The molecule has 0 saturated heterocycles. The smallest absolute Gasteiger partial charge is 0.258 e. The number of rotatable bonds is 6. The third-order valence-electron chi connectivity index (χ3n) is 2.61. The maximum atomic E-state index is 12.1. The van der Waals surface area contributed by atoms with E-state index in [-0.39, 0.29) is 16.0 Å². The fourth-order valence-corrected chi connectivity index (χ4v) is 3.35. The second-order valence-electron chi connectivity index (χ2n) is 5.02. The van der Waals surface area contributed by atoms with E-state index in [9.17, 15) is 18.5 Å². The van der Waals surface area contributed by atoms with Crippen LogP contribution in [0.25, 0.3) is 0 Å². The molecule has 0 amide bonds. The van der Waals surface area contributed by atoms with Crippen LogP contribution in [0, 0.1) is 16.0 Å². The van der Waals surface area contributed by atoms with Crippen molar-refractivity contribution in [2.75, 3.05) is 0 Å². The van der Waals surface area contributed by atoms with Crippen LogP contribution in [0.1, 0.15) is 27.2 Å². The van der Waals surface area contributed by atoms with Gasteiger partial charge in [0.1, 0.15) is 5.02 Å². The van der Waals surface area contributed by atoms with Crippen LogP contribution in [0.4, 0.5) is 5.69 Å². The molecule has 1 aromatic rings. The topological polar surface area (TPSA) is 89.3 Å². The highest BCUT2D eigenvalue weighted by Gasteiger charge is 2.22. The number of sulfonamides is 1. The molecule has 0 saturated carbocycles. The van der Waals surface area contributed by atoms with E-state index < -0.39 is 20.6 Å². The minimum absolute atomic E-state index is 0.0934. The van der Waals surface area contributed by atoms with E-state index >= 15 is 0 Å². The van der Waals surface area contributed by atoms with Crippen LogP contribution in [-0.4, -0.2) is 19.4 Å². The Morgan fingerprint density at radius 1 is 1.35 bits per heavy atom. The number of benzene rings is 1. The second kappa shape index (κ2) is 6.51. The fraction of sp³-hybridized carbons (Fsp3) is 0.500. The lowest BCUT2D eigenvalue weighted by Crippen LogP contribution is -2.33. The SMILES string of the molecule is CC(C)CC(C)NS(=O)(=O)c1ccc(Cl)c([N+](=O)[O-])c1. The zero-order chi connectivity index (χ0) is 15.5. The lowest BCUT2D eigenvalue weighted by atomic mass is 10.1. The Kier molecular flexibility index (Phi) is 5.50. The van der Waals surface area contributed by atoms with E-state index in [0.717, 1.165) is 6.07 Å². The van der Waals surface area contributed by atoms with Crippen LogP contribution in [-0.2, 0) is 10.0 Å². The monoisotopic (exact) mass is 320 g/mol. The van der Waals surface area contributed by atoms with Crippen LogP contribution in [0.2, 0.25) is 5.02 Å². The fourth-order valence-electron chi connectivity index (χ4n) is 1.89. The summed E-state index contributed by atoms with van der Waals surface area (Å²) in [6.07, 6.45) is 0.676. The summed E-state index contributed by atoms with van der Waals surface area (Å²) < 4.78 is 26.8. The number of hydrogen-bond acceptors (Lipinski definition) is 4. The van der Waals surface area contributed by atoms with E-state index in [0.29, 0.717) is 12.3 Å². The number of hydrogen-bond donors (Lipinski definition) is 1. The predicted octanol–water partition coefficient (Wildman–Crippen LogP) is 2.96. The molecule has 0 fully saturated rings. The van der Waals surface area contributed by atoms with Crippen molar-refractivity contribution >= 4 is 27.3 Å². The maximum absolute atomic E-state index is 12.1. The summed E-state index contributed by atoms with van der Waals surface area (Å²) in [6, 6.07) is 3.17. The van der Waals surface area contributed by atoms with Crippen LogP contribution < -0.4 is 4.72 Å². The summed E-state index contributed by atoms with van der Waals surface area (Å²) in [5.74, 6) is 0.340. The van der Waals surface area contributed by atoms with Crippen molar-refractivity contribution in [3.63, 3.8) is 0 Å². The number of nitro benzene ring substituents is 1. The molecular weight excluding hydrogens is 304 g/mol. The van der Waals surface area contributed by atoms with Crippen molar-refractivity contribution in [2.24, 2.45) is 5.92 Å². The van der Waals surface area contributed by atoms with Gasteiger partial charge in [0.15, 0.2) is 0 Å². The molecule has 0 spiro atoms. The number of nitrogens with one attached hydrogen (secondary N) is 1. The Morgan fingerprint density at radius 3 is 2.45 bits per heavy atom. The first-order chi connectivity index (χ1) is 9.13. The van der Waals surface area contributed by atoms with Crippen LogP contribution >= 0.6 is 11.6 Å². The third kappa shape index (κ3) is 4.43. The van der Waals surface area contributed by atoms with Gasteiger partial charge in [-0.1, -0.05) is 25.4 Å². The van der Waals surface area contributed by atoms with Crippen LogP contribution in [0.3, 0.4) is 0 Å². The summed E-state index contributed by atoms with van der Waals surface area (Å²) in [6.45, 7) is 5.72. The lowest BCUT2D eigenvalue weighted by molar-refractivity contribution is -0.384. The molecule has 0 bridgehead atoms. The first kappa shape index (κ1) is 16.9. The Balaban J connectivity index is 3.04. The molecule has 0 aromatic heterocycles. The summed E-state index contributed by atoms with van der Waals surface area (Å²) in [4.78, 5) is 9.90. The van der Waals surface area contributed by atoms with Gasteiger partial charge in [-0.25, -0.2) is 13.1 Å². The summed E-state index contributed by atoms with van der Waals surface area (Å²) in [5, 5.41) is 10.7. The minimum atomic E-state index is -3.79. The Labute approximate surface area is 123 Å². The second-order valence-corrected chi connectivity index (χ2v) is 7.14. The molecule has 8 heteroatoms. The van der Waals surface area contributed by atoms with Crippen molar-refractivity contribution in [2.45, 2.75) is 38.1 Å². The Hall–Kier alpha value is -1.18. The van der Waals surface area contributed by atoms with E-state index in [4.69, 9.17) is 11.6 Å². The lowest BCUT2D eigenvalue weighted by Gasteiger charge is -2.16. The predicted molar refractivity (Wildman–Crippen MR) is 77.3 cm³/mol. The first-order valence-electron chi connectivity index (χ1n) is 6.09. The van der Waals surface area contributed by atoms with Gasteiger partial charge in [-0.3, -0.25) is 10.1 Å². The van der Waals surface area contributed by atoms with Gasteiger partial charge in [-0.2, -0.15) is 0 Å². The Morgan fingerprint density at radius 2 is 1.95 bits per heavy atom. The summed E-state index contributed by atoms with van der Waals surface area (Å²) in [7, 11) is -3.79. The van der Waals surface area contributed by atoms with Gasteiger partial charge in [-0.15, -0.1) is 0 Å². The van der Waals surface area contributed by atoms with Crippen molar-refractivity contribution in [1.82, 2.24) is 4.72 Å². The van der Waals surface area contributed by atoms with Crippen molar-refractivity contribution < 1.29 is 13.3 Å². The van der Waals surface area contributed by atoms with Crippen LogP contribution in [0.15, 0.2) is 23.1 Å². The maximum Gasteiger partial charge on any atom is 0.289 e. The van der Waals surface area contributed by atoms with E-state index in [1.165, 1.54) is 12.1 Å². The highest BCUT2D eigenvalue weighted by molar-refractivity contribution is 7.89. The highest BCUT2D eigenvalue weighted by Crippen LogP contribution is 2.27. The van der Waals surface area contributed by atoms with E-state index in [2.05, 4.69) is 4.72 Å². The molecule has 0 aliphatic carbocycles. The molecule has 0 heterocycles. The molecule has 1 N–H and O–H groups in total. The van der Waals surface area contributed by atoms with Crippen molar-refractivity contribution in [3.05, 3.63) is 33.3 Å². The molecule has 1 rings (SSSR count). The quantitative estimate of drug-likeness (QED) is 0.644. The zero-order valence-electron chi connectivity index (χ0n) is 11.5. The number of halogens is 1. The van der Waals surface area contributed by atoms with E-state index in [1.54, 1.807) is 6.92 Å². The van der Waals surface area contributed by atoms with Crippen LogP contribution in [0.5, 0.6) is 0 Å². The molecule has 1 unspecified atom stereocenters. The number of nitro groups is 1. The van der Waals surface area contributed by atoms with Crippen molar-refractivity contribution in [3.8, 4) is 0 Å². The molecule has 1 aromatic carbocycles. The molecule has 0 aliphatic rings. The normalized spacial score (nSPS) is 13.4. The van der Waals surface area contributed by atoms with E-state index in [1.807, 2.05) is 13.8 Å². The molecule has 0 radical (unpaired) electrons. The number of nitrogens with zero attached hydrogens (tertiary/aromatic N) is 1. The first-order valence-corrected chi connectivity index (χ1v) is 7.96. The van der Waals surface area contributed by atoms with Gasteiger partial charge in [-0.05, 0) is 31.4 Å². The molecule has 112 valence electrons. The molecule has 6 nitrogen and oxygen atoms in total. The average molecular weight is 321 g/mol. The van der Waals surface area contributed by atoms with Gasteiger partial charge < -0.3 is 0 Å². The van der Waals surface area contributed by atoms with Gasteiger partial charge in [0.2, 0.25) is 10.0 Å². The van der Waals surface area contributed by atoms with Gasteiger partial charge in [0.25, 0.3) is 5.69 Å². The van der Waals surface area contributed by atoms with Gasteiger partial charge in [0, 0.05) is 12.1 Å². The largest absolute Gasteiger partial charge is 0.289 e. The molecule has 0 aliphatic heterocycles. The highest BCUT2D eigenvalue weighted by atomic mass is 35.5. The molecule has 1 atom stereocenters. The molecule has 20 heavy (non-hydrogen) atoms. The van der Waals surface area contributed by atoms with Gasteiger partial charge in [0.05, 0.1) is 9.82 Å². The average Bonchev–Trinajstić information content (AvgIpc) is 2.26. The summed E-state index contributed by atoms with van der Waals surface area (Å²) >= 11 is 5.66. The third-order valence-corrected chi connectivity index (χ3v) is 4.51. The molecular formula is C12H17ClN2O4S. The zero-order valence-corrected chi connectivity index (χ0v) is 13.0. The minimum Gasteiger partial charge on any atom is -0.258 e. The standard InChI is InChI=1S/C12H17ClN2O4S/c1-8(2)6-9(3)14-20(18,19)10-4-5-11(13)12(7-10)15(16)17/h4-5,7-9,14H,6H2,1-3H3. The van der Waals surface area contributed by atoms with Crippen molar-refractivity contribution in [1.29, 1.82) is 0 Å².